The minimum absolute atomic E-state index is 0.257. The van der Waals surface area contributed by atoms with Gasteiger partial charge in [-0.2, -0.15) is 0 Å². The van der Waals surface area contributed by atoms with Gasteiger partial charge >= 0.3 is 0 Å². The van der Waals surface area contributed by atoms with Crippen LogP contribution in [0.15, 0.2) is 40.8 Å². The number of rotatable bonds is 4. The standard InChI is InChI=1S/C17H17FN2O3/c1-11-2-7-14(23-11)10-19-16(21)15-8-9-20(17(15)22)13-5-3-12(18)4-6-13/h2-7,15H,8-10H2,1H3,(H,19,21)/t15-/m0/s1. The number of carbonyl (C=O) groups is 2. The van der Waals surface area contributed by atoms with Gasteiger partial charge in [0.25, 0.3) is 0 Å². The van der Waals surface area contributed by atoms with Gasteiger partial charge in [-0.15, -0.1) is 0 Å². The van der Waals surface area contributed by atoms with Gasteiger partial charge in [0.1, 0.15) is 23.3 Å². The molecule has 3 rings (SSSR count). The zero-order chi connectivity index (χ0) is 16.4. The third-order valence-corrected chi connectivity index (χ3v) is 3.89. The van der Waals surface area contributed by atoms with Crippen LogP contribution < -0.4 is 10.2 Å². The van der Waals surface area contributed by atoms with Crippen molar-refractivity contribution in [2.45, 2.75) is 19.9 Å². The Balaban J connectivity index is 1.61. The zero-order valence-corrected chi connectivity index (χ0v) is 12.7. The first-order valence-corrected chi connectivity index (χ1v) is 7.44. The highest BCUT2D eigenvalue weighted by Gasteiger charge is 2.37. The Labute approximate surface area is 133 Å². The number of nitrogens with zero attached hydrogens (tertiary/aromatic N) is 1. The predicted octanol–water partition coefficient (Wildman–Crippen LogP) is 2.40. The number of hydrogen-bond donors (Lipinski definition) is 1. The van der Waals surface area contributed by atoms with Gasteiger partial charge in [-0.1, -0.05) is 0 Å². The largest absolute Gasteiger partial charge is 0.465 e. The summed E-state index contributed by atoms with van der Waals surface area (Å²) in [6.45, 7) is 2.53. The maximum absolute atomic E-state index is 13.0. The van der Waals surface area contributed by atoms with E-state index in [1.807, 2.05) is 13.0 Å². The molecule has 1 N–H and O–H groups in total. The molecule has 2 heterocycles. The van der Waals surface area contributed by atoms with Crippen molar-refractivity contribution >= 4 is 17.5 Å². The van der Waals surface area contributed by atoms with E-state index in [1.165, 1.54) is 17.0 Å². The highest BCUT2D eigenvalue weighted by molar-refractivity contribution is 6.09. The molecule has 2 aromatic rings. The lowest BCUT2D eigenvalue weighted by molar-refractivity contribution is -0.132. The molecule has 1 saturated heterocycles. The number of hydrogen-bond acceptors (Lipinski definition) is 3. The van der Waals surface area contributed by atoms with E-state index in [4.69, 9.17) is 4.42 Å². The van der Waals surface area contributed by atoms with Crippen LogP contribution in [0.25, 0.3) is 0 Å². The second-order valence-corrected chi connectivity index (χ2v) is 5.54. The third-order valence-electron chi connectivity index (χ3n) is 3.89. The van der Waals surface area contributed by atoms with Crippen LogP contribution in [0.2, 0.25) is 0 Å². The van der Waals surface area contributed by atoms with Crippen molar-refractivity contribution in [3.8, 4) is 0 Å². The number of nitrogens with one attached hydrogen (secondary N) is 1. The Morgan fingerprint density at radius 2 is 2.04 bits per heavy atom. The summed E-state index contributed by atoms with van der Waals surface area (Å²) >= 11 is 0. The van der Waals surface area contributed by atoms with E-state index in [0.29, 0.717) is 24.4 Å². The molecule has 1 aliphatic heterocycles. The maximum Gasteiger partial charge on any atom is 0.239 e. The number of amides is 2. The Morgan fingerprint density at radius 1 is 1.30 bits per heavy atom. The van der Waals surface area contributed by atoms with E-state index in [1.54, 1.807) is 18.2 Å². The lowest BCUT2D eigenvalue weighted by atomic mass is 10.1. The first-order chi connectivity index (χ1) is 11.0. The molecule has 0 unspecified atom stereocenters. The molecular weight excluding hydrogens is 299 g/mol. The number of aryl methyl sites for hydroxylation is 1. The monoisotopic (exact) mass is 316 g/mol. The van der Waals surface area contributed by atoms with E-state index in [9.17, 15) is 14.0 Å². The van der Waals surface area contributed by atoms with Crippen LogP contribution in [0.1, 0.15) is 17.9 Å². The number of carbonyl (C=O) groups excluding carboxylic acids is 2. The van der Waals surface area contributed by atoms with Crippen molar-refractivity contribution in [3.63, 3.8) is 0 Å². The highest BCUT2D eigenvalue weighted by Crippen LogP contribution is 2.25. The Bertz CT molecular complexity index is 724. The first kappa shape index (κ1) is 15.3. The van der Waals surface area contributed by atoms with E-state index in [2.05, 4.69) is 5.32 Å². The Hall–Kier alpha value is -2.63. The van der Waals surface area contributed by atoms with Crippen molar-refractivity contribution in [1.82, 2.24) is 5.32 Å². The summed E-state index contributed by atoms with van der Waals surface area (Å²) in [6.07, 6.45) is 0.444. The van der Waals surface area contributed by atoms with Gasteiger partial charge in [0.2, 0.25) is 11.8 Å². The summed E-state index contributed by atoms with van der Waals surface area (Å²) in [5, 5.41) is 2.73. The van der Waals surface area contributed by atoms with Gasteiger partial charge in [0, 0.05) is 12.2 Å². The van der Waals surface area contributed by atoms with Crippen molar-refractivity contribution in [1.29, 1.82) is 0 Å². The maximum atomic E-state index is 13.0. The van der Waals surface area contributed by atoms with Crippen LogP contribution in [0.4, 0.5) is 10.1 Å². The fraction of sp³-hybridized carbons (Fsp3) is 0.294. The van der Waals surface area contributed by atoms with Crippen molar-refractivity contribution < 1.29 is 18.4 Å². The molecule has 0 radical (unpaired) electrons. The van der Waals surface area contributed by atoms with Gasteiger partial charge < -0.3 is 14.6 Å². The number of benzene rings is 1. The number of anilines is 1. The zero-order valence-electron chi connectivity index (χ0n) is 12.7. The van der Waals surface area contributed by atoms with Crippen LogP contribution in [0, 0.1) is 18.7 Å². The molecule has 2 amide bonds. The van der Waals surface area contributed by atoms with Crippen molar-refractivity contribution in [2.24, 2.45) is 5.92 Å². The van der Waals surface area contributed by atoms with Gasteiger partial charge in [0.15, 0.2) is 0 Å². The number of halogens is 1. The van der Waals surface area contributed by atoms with Crippen LogP contribution in [-0.2, 0) is 16.1 Å². The molecule has 1 aliphatic rings. The van der Waals surface area contributed by atoms with Crippen molar-refractivity contribution in [2.75, 3.05) is 11.4 Å². The van der Waals surface area contributed by atoms with Crippen LogP contribution in [0.5, 0.6) is 0 Å². The molecule has 0 spiro atoms. The summed E-state index contributed by atoms with van der Waals surface area (Å²) in [4.78, 5) is 26.1. The summed E-state index contributed by atoms with van der Waals surface area (Å²) in [5.74, 6) is -0.219. The minimum atomic E-state index is -0.712. The van der Waals surface area contributed by atoms with E-state index in [-0.39, 0.29) is 24.2 Å². The second-order valence-electron chi connectivity index (χ2n) is 5.54. The van der Waals surface area contributed by atoms with Crippen LogP contribution >= 0.6 is 0 Å². The van der Waals surface area contributed by atoms with Crippen molar-refractivity contribution in [3.05, 3.63) is 53.7 Å². The van der Waals surface area contributed by atoms with Gasteiger partial charge in [0.05, 0.1) is 6.54 Å². The third kappa shape index (κ3) is 3.26. The predicted molar refractivity (Wildman–Crippen MR) is 82.2 cm³/mol. The minimum Gasteiger partial charge on any atom is -0.465 e. The molecule has 1 aromatic carbocycles. The smallest absolute Gasteiger partial charge is 0.239 e. The lowest BCUT2D eigenvalue weighted by Gasteiger charge is -2.16. The quantitative estimate of drug-likeness (QED) is 0.881. The fourth-order valence-electron chi connectivity index (χ4n) is 2.68. The van der Waals surface area contributed by atoms with E-state index >= 15 is 0 Å². The molecule has 120 valence electrons. The van der Waals surface area contributed by atoms with Gasteiger partial charge in [-0.3, -0.25) is 9.59 Å². The molecule has 1 fully saturated rings. The Morgan fingerprint density at radius 3 is 2.70 bits per heavy atom. The Kier molecular flexibility index (Phi) is 4.14. The van der Waals surface area contributed by atoms with Gasteiger partial charge in [-0.25, -0.2) is 4.39 Å². The molecule has 1 atom stereocenters. The summed E-state index contributed by atoms with van der Waals surface area (Å²) < 4.78 is 18.3. The molecule has 23 heavy (non-hydrogen) atoms. The molecule has 6 heteroatoms. The molecule has 1 aromatic heterocycles. The highest BCUT2D eigenvalue weighted by atomic mass is 19.1. The summed E-state index contributed by atoms with van der Waals surface area (Å²) in [7, 11) is 0. The molecule has 0 bridgehead atoms. The summed E-state index contributed by atoms with van der Waals surface area (Å²) in [5.41, 5.74) is 0.605. The molecule has 0 saturated carbocycles. The molecular formula is C17H17FN2O3. The van der Waals surface area contributed by atoms with Crippen LogP contribution in [-0.4, -0.2) is 18.4 Å². The van der Waals surface area contributed by atoms with Crippen LogP contribution in [0.3, 0.4) is 0 Å². The topological polar surface area (TPSA) is 62.6 Å². The first-order valence-electron chi connectivity index (χ1n) is 7.44. The van der Waals surface area contributed by atoms with E-state index in [0.717, 1.165) is 5.76 Å². The average Bonchev–Trinajstić information content (AvgIpc) is 3.12. The van der Waals surface area contributed by atoms with E-state index < -0.39 is 5.92 Å². The summed E-state index contributed by atoms with van der Waals surface area (Å²) in [6, 6.07) is 9.29. The lowest BCUT2D eigenvalue weighted by Crippen LogP contribution is -2.36. The second kappa shape index (κ2) is 6.24. The molecule has 5 nitrogen and oxygen atoms in total. The average molecular weight is 316 g/mol. The number of furan rings is 1. The van der Waals surface area contributed by atoms with Gasteiger partial charge in [-0.05, 0) is 49.7 Å². The SMILES string of the molecule is Cc1ccc(CNC(=O)[C@@H]2CCN(c3ccc(F)cc3)C2=O)o1. The normalized spacial score (nSPS) is 17.6. The fourth-order valence-corrected chi connectivity index (χ4v) is 2.68. The molecule has 0 aliphatic carbocycles.